The third-order valence-corrected chi connectivity index (χ3v) is 3.43. The summed E-state index contributed by atoms with van der Waals surface area (Å²) < 4.78 is 12.0. The molecule has 0 saturated carbocycles. The topological polar surface area (TPSA) is 56.2 Å². The molecule has 22 heavy (non-hydrogen) atoms. The highest BCUT2D eigenvalue weighted by atomic mass is 16.5. The lowest BCUT2D eigenvalue weighted by Crippen LogP contribution is -2.12. The number of H-pyrrole nitrogens is 1. The van der Waals surface area contributed by atoms with Crippen molar-refractivity contribution in [3.8, 4) is 28.4 Å². The van der Waals surface area contributed by atoms with E-state index in [0.29, 0.717) is 11.5 Å². The van der Waals surface area contributed by atoms with Crippen LogP contribution in [0.4, 0.5) is 0 Å². The van der Waals surface area contributed by atoms with E-state index in [1.807, 2.05) is 48.5 Å². The lowest BCUT2D eigenvalue weighted by atomic mass is 10.1. The van der Waals surface area contributed by atoms with Gasteiger partial charge in [0.05, 0.1) is 25.6 Å². The zero-order valence-electron chi connectivity index (χ0n) is 12.4. The van der Waals surface area contributed by atoms with Gasteiger partial charge in [0.2, 0.25) is 0 Å². The second kappa shape index (κ2) is 5.81. The first-order valence-electron chi connectivity index (χ1n) is 6.83. The van der Waals surface area contributed by atoms with Crippen molar-refractivity contribution in [2.45, 2.75) is 0 Å². The monoisotopic (exact) mass is 296 g/mol. The van der Waals surface area contributed by atoms with Gasteiger partial charge in [0.1, 0.15) is 0 Å². The molecule has 0 aliphatic heterocycles. The van der Waals surface area contributed by atoms with Crippen LogP contribution in [0.1, 0.15) is 0 Å². The highest BCUT2D eigenvalue weighted by Crippen LogP contribution is 2.31. The average Bonchev–Trinajstić information content (AvgIpc) is 2.97. The summed E-state index contributed by atoms with van der Waals surface area (Å²) in [7, 11) is 3.17. The van der Waals surface area contributed by atoms with Crippen LogP contribution < -0.4 is 15.0 Å². The number of rotatable bonds is 4. The minimum Gasteiger partial charge on any atom is -0.493 e. The van der Waals surface area contributed by atoms with Crippen LogP contribution in [0, 0.1) is 0 Å². The Bertz CT molecular complexity index is 835. The Morgan fingerprint density at radius 3 is 2.32 bits per heavy atom. The molecule has 0 unspecified atom stereocenters. The van der Waals surface area contributed by atoms with Gasteiger partial charge in [-0.25, -0.2) is 4.68 Å². The zero-order chi connectivity index (χ0) is 15.5. The highest BCUT2D eigenvalue weighted by molar-refractivity contribution is 5.64. The quantitative estimate of drug-likeness (QED) is 0.805. The standard InChI is InChI=1S/C17H16N2O3/c1-21-15-9-8-12(10-16(15)22-2)14-11-17(20)19(18-14)13-6-4-3-5-7-13/h3-11,18H,1-2H3. The first kappa shape index (κ1) is 14.0. The summed E-state index contributed by atoms with van der Waals surface area (Å²) in [4.78, 5) is 12.2. The van der Waals surface area contributed by atoms with E-state index in [4.69, 9.17) is 9.47 Å². The molecule has 1 N–H and O–H groups in total. The van der Waals surface area contributed by atoms with Crippen LogP contribution in [0.5, 0.6) is 11.5 Å². The Labute approximate surface area is 127 Å². The molecule has 5 nitrogen and oxygen atoms in total. The van der Waals surface area contributed by atoms with Crippen LogP contribution in [0.15, 0.2) is 59.4 Å². The normalized spacial score (nSPS) is 10.5. The largest absolute Gasteiger partial charge is 0.493 e. The molecular weight excluding hydrogens is 280 g/mol. The number of aromatic amines is 1. The molecule has 0 spiro atoms. The van der Waals surface area contributed by atoms with Crippen molar-refractivity contribution in [1.29, 1.82) is 0 Å². The second-order valence-electron chi connectivity index (χ2n) is 4.75. The number of aromatic nitrogens is 2. The summed E-state index contributed by atoms with van der Waals surface area (Å²) in [6, 6.07) is 16.5. The number of nitrogens with zero attached hydrogens (tertiary/aromatic N) is 1. The molecule has 3 aromatic rings. The molecule has 0 saturated heterocycles. The minimum atomic E-state index is -0.115. The van der Waals surface area contributed by atoms with Gasteiger partial charge in [0.15, 0.2) is 11.5 Å². The van der Waals surface area contributed by atoms with E-state index < -0.39 is 0 Å². The van der Waals surface area contributed by atoms with E-state index in [0.717, 1.165) is 16.9 Å². The Hall–Kier alpha value is -2.95. The van der Waals surface area contributed by atoms with Crippen molar-refractivity contribution >= 4 is 0 Å². The summed E-state index contributed by atoms with van der Waals surface area (Å²) >= 11 is 0. The van der Waals surface area contributed by atoms with Crippen LogP contribution in [-0.4, -0.2) is 24.0 Å². The van der Waals surface area contributed by atoms with Gasteiger partial charge in [0, 0.05) is 11.6 Å². The molecule has 0 aliphatic carbocycles. The van der Waals surface area contributed by atoms with E-state index >= 15 is 0 Å². The van der Waals surface area contributed by atoms with E-state index in [2.05, 4.69) is 5.10 Å². The fraction of sp³-hybridized carbons (Fsp3) is 0.118. The smallest absolute Gasteiger partial charge is 0.271 e. The maximum atomic E-state index is 12.2. The predicted octanol–water partition coefficient (Wildman–Crippen LogP) is 2.85. The Kier molecular flexibility index (Phi) is 3.70. The van der Waals surface area contributed by atoms with E-state index in [-0.39, 0.29) is 5.56 Å². The van der Waals surface area contributed by atoms with Crippen LogP contribution in [0.25, 0.3) is 16.9 Å². The number of benzene rings is 2. The highest BCUT2D eigenvalue weighted by Gasteiger charge is 2.10. The lowest BCUT2D eigenvalue weighted by Gasteiger charge is -2.08. The van der Waals surface area contributed by atoms with Crippen molar-refractivity contribution in [3.05, 3.63) is 65.0 Å². The van der Waals surface area contributed by atoms with Crippen LogP contribution >= 0.6 is 0 Å². The molecule has 3 rings (SSSR count). The number of nitrogens with one attached hydrogen (secondary N) is 1. The molecule has 0 atom stereocenters. The van der Waals surface area contributed by atoms with Gasteiger partial charge in [-0.1, -0.05) is 18.2 Å². The minimum absolute atomic E-state index is 0.115. The third kappa shape index (κ3) is 2.48. The third-order valence-electron chi connectivity index (χ3n) is 3.43. The summed E-state index contributed by atoms with van der Waals surface area (Å²) in [5, 5.41) is 3.11. The van der Waals surface area contributed by atoms with Gasteiger partial charge >= 0.3 is 0 Å². The molecule has 0 fully saturated rings. The number of methoxy groups -OCH3 is 2. The summed E-state index contributed by atoms with van der Waals surface area (Å²) in [6.45, 7) is 0. The van der Waals surface area contributed by atoms with Crippen molar-refractivity contribution in [2.75, 3.05) is 14.2 Å². The molecule has 2 aromatic carbocycles. The first-order chi connectivity index (χ1) is 10.7. The second-order valence-corrected chi connectivity index (χ2v) is 4.75. The molecule has 0 bridgehead atoms. The van der Waals surface area contributed by atoms with Crippen LogP contribution in [0.3, 0.4) is 0 Å². The van der Waals surface area contributed by atoms with Gasteiger partial charge in [-0.2, -0.15) is 0 Å². The number of hydrogen-bond acceptors (Lipinski definition) is 3. The van der Waals surface area contributed by atoms with Crippen molar-refractivity contribution < 1.29 is 9.47 Å². The van der Waals surface area contributed by atoms with Gasteiger partial charge in [-0.05, 0) is 30.3 Å². The molecule has 1 aromatic heterocycles. The van der Waals surface area contributed by atoms with Gasteiger partial charge in [-0.15, -0.1) is 0 Å². The molecule has 0 aliphatic rings. The van der Waals surface area contributed by atoms with Crippen LogP contribution in [0.2, 0.25) is 0 Å². The van der Waals surface area contributed by atoms with Crippen molar-refractivity contribution in [3.63, 3.8) is 0 Å². The van der Waals surface area contributed by atoms with E-state index in [1.54, 1.807) is 20.3 Å². The lowest BCUT2D eigenvalue weighted by molar-refractivity contribution is 0.355. The SMILES string of the molecule is COc1ccc(-c2cc(=O)n(-c3ccccc3)[nH]2)cc1OC. The molecule has 112 valence electrons. The van der Waals surface area contributed by atoms with Crippen LogP contribution in [-0.2, 0) is 0 Å². The predicted molar refractivity (Wildman–Crippen MR) is 84.9 cm³/mol. The molecule has 0 radical (unpaired) electrons. The van der Waals surface area contributed by atoms with Crippen molar-refractivity contribution in [2.24, 2.45) is 0 Å². The van der Waals surface area contributed by atoms with Gasteiger partial charge in [-0.3, -0.25) is 9.89 Å². The Morgan fingerprint density at radius 2 is 1.64 bits per heavy atom. The number of ether oxygens (including phenoxy) is 2. The fourth-order valence-electron chi connectivity index (χ4n) is 2.32. The van der Waals surface area contributed by atoms with E-state index in [1.165, 1.54) is 4.68 Å². The van der Waals surface area contributed by atoms with E-state index in [9.17, 15) is 4.79 Å². The molecule has 5 heteroatoms. The summed E-state index contributed by atoms with van der Waals surface area (Å²) in [6.07, 6.45) is 0. The fourth-order valence-corrected chi connectivity index (χ4v) is 2.32. The summed E-state index contributed by atoms with van der Waals surface area (Å²) in [5.74, 6) is 1.27. The van der Waals surface area contributed by atoms with Crippen molar-refractivity contribution in [1.82, 2.24) is 9.78 Å². The molecule has 1 heterocycles. The molecular formula is C17H16N2O3. The zero-order valence-corrected chi connectivity index (χ0v) is 12.4. The number of para-hydroxylation sites is 1. The summed E-state index contributed by atoms with van der Waals surface area (Å²) in [5.41, 5.74) is 2.24. The maximum absolute atomic E-state index is 12.2. The average molecular weight is 296 g/mol. The number of hydrogen-bond donors (Lipinski definition) is 1. The van der Waals surface area contributed by atoms with Gasteiger partial charge < -0.3 is 9.47 Å². The van der Waals surface area contributed by atoms with Gasteiger partial charge in [0.25, 0.3) is 5.56 Å². The Morgan fingerprint density at radius 1 is 0.909 bits per heavy atom. The first-order valence-corrected chi connectivity index (χ1v) is 6.83. The maximum Gasteiger partial charge on any atom is 0.271 e. The molecule has 0 amide bonds. The Balaban J connectivity index is 2.05.